The van der Waals surface area contributed by atoms with Gasteiger partial charge in [0.25, 0.3) is 0 Å². The van der Waals surface area contributed by atoms with E-state index in [0.29, 0.717) is 50.8 Å². The Hall–Kier alpha value is -5.91. The van der Waals surface area contributed by atoms with E-state index in [4.69, 9.17) is 20.4 Å². The number of likely N-dealkylation sites (N-methyl/N-ethyl adjacent to an activating group) is 1. The number of fused-ring (bicyclic) bond motifs is 5. The number of benzene rings is 3. The molecule has 1 aliphatic heterocycles. The van der Waals surface area contributed by atoms with Gasteiger partial charge in [0.15, 0.2) is 23.2 Å². The summed E-state index contributed by atoms with van der Waals surface area (Å²) in [5, 5.41) is 23.5. The van der Waals surface area contributed by atoms with Crippen LogP contribution in [0.15, 0.2) is 60.7 Å². The van der Waals surface area contributed by atoms with Crippen LogP contribution in [0.5, 0.6) is 11.5 Å². The van der Waals surface area contributed by atoms with Gasteiger partial charge in [-0.3, -0.25) is 24.0 Å². The van der Waals surface area contributed by atoms with Gasteiger partial charge in [0.1, 0.15) is 17.5 Å². The Morgan fingerprint density at radius 3 is 2.26 bits per heavy atom. The third-order valence-electron chi connectivity index (χ3n) is 12.5. The average Bonchev–Trinajstić information content (AvgIpc) is 3.23. The van der Waals surface area contributed by atoms with Crippen LogP contribution in [0.3, 0.4) is 0 Å². The number of rotatable bonds is 13. The number of hydrogen-bond donors (Lipinski definition) is 3. The highest BCUT2D eigenvalue weighted by molar-refractivity contribution is 7.59. The molecule has 0 radical (unpaired) electrons. The van der Waals surface area contributed by atoms with Crippen molar-refractivity contribution >= 4 is 42.7 Å². The molecular formula is C51H62N6O7S. The summed E-state index contributed by atoms with van der Waals surface area (Å²) in [6.07, 6.45) is 2.37. The number of hydrogen-bond acceptors (Lipinski definition) is 11. The minimum Gasteiger partial charge on any atom is -0.507 e. The van der Waals surface area contributed by atoms with Crippen LogP contribution in [-0.4, -0.2) is 74.9 Å². The van der Waals surface area contributed by atoms with Gasteiger partial charge in [-0.25, -0.2) is 9.97 Å². The molecule has 344 valence electrons. The number of nitrogens with two attached hydrogens (primary N) is 1. The van der Waals surface area contributed by atoms with Crippen LogP contribution >= 0.6 is 13.5 Å². The van der Waals surface area contributed by atoms with Crippen molar-refractivity contribution in [3.63, 3.8) is 0 Å². The molecule has 0 spiro atoms. The summed E-state index contributed by atoms with van der Waals surface area (Å²) >= 11 is 0. The van der Waals surface area contributed by atoms with E-state index in [1.165, 1.54) is 23.6 Å². The molecule has 3 aromatic carbocycles. The molecule has 6 rings (SSSR count). The van der Waals surface area contributed by atoms with Gasteiger partial charge in [0.2, 0.25) is 11.8 Å². The standard InChI is InChI=1S/C51H60N6O7.H2S/c1-29-24-44(61)47(57(7)50(63)35(21-23-53)28-43(60)46-30(2)54-48(55-31(46)3)33-14-17-36(18-15-33)51(4,5)6)34-16-19-41(58)38(27-34)39-25-32(13-20-45(39)64-37-10-8-11-37)26-40(56-49(29)62)42(59)12-9-22-52;/h13-20,25,27,29,35,37,40,47,58H,8-12,21,23-24,26,28,53H2,1-7H3,(H,56,62);1H2/t29-,35-,40+,47+;/m1./s1. The quantitative estimate of drug-likeness (QED) is 0.111. The Morgan fingerprint density at radius 2 is 1.66 bits per heavy atom. The van der Waals surface area contributed by atoms with Gasteiger partial charge < -0.3 is 25.8 Å². The minimum atomic E-state index is -1.25. The molecule has 4 N–H and O–H groups in total. The molecule has 1 fully saturated rings. The van der Waals surface area contributed by atoms with Gasteiger partial charge in [-0.1, -0.05) is 64.1 Å². The van der Waals surface area contributed by atoms with E-state index in [2.05, 4.69) is 26.1 Å². The first-order chi connectivity index (χ1) is 30.4. The lowest BCUT2D eigenvalue weighted by molar-refractivity contribution is -0.142. The normalized spacial score (nSPS) is 18.2. The Kier molecular flexibility index (Phi) is 16.5. The van der Waals surface area contributed by atoms with E-state index in [1.807, 2.05) is 36.4 Å². The number of nitrogens with one attached hydrogen (secondary N) is 1. The number of nitriles is 1. The summed E-state index contributed by atoms with van der Waals surface area (Å²) in [4.78, 5) is 81.5. The number of amides is 2. The lowest BCUT2D eigenvalue weighted by Gasteiger charge is -2.32. The van der Waals surface area contributed by atoms with Gasteiger partial charge in [0.05, 0.1) is 35.2 Å². The second kappa shape index (κ2) is 21.4. The zero-order valence-electron chi connectivity index (χ0n) is 38.5. The van der Waals surface area contributed by atoms with Crippen molar-refractivity contribution in [1.82, 2.24) is 20.2 Å². The van der Waals surface area contributed by atoms with E-state index in [-0.39, 0.29) is 87.4 Å². The fourth-order valence-corrected chi connectivity index (χ4v) is 8.53. The molecule has 1 aromatic heterocycles. The van der Waals surface area contributed by atoms with Crippen LogP contribution in [0.4, 0.5) is 0 Å². The summed E-state index contributed by atoms with van der Waals surface area (Å²) in [7, 11) is 1.49. The monoisotopic (exact) mass is 902 g/mol. The van der Waals surface area contributed by atoms with E-state index in [1.54, 1.807) is 45.0 Å². The zero-order chi connectivity index (χ0) is 46.5. The molecule has 65 heavy (non-hydrogen) atoms. The van der Waals surface area contributed by atoms with Gasteiger partial charge in [0, 0.05) is 61.3 Å². The van der Waals surface area contributed by atoms with Gasteiger partial charge >= 0.3 is 0 Å². The number of aromatic nitrogens is 2. The molecule has 13 nitrogen and oxygen atoms in total. The molecule has 2 heterocycles. The summed E-state index contributed by atoms with van der Waals surface area (Å²) in [6, 6.07) is 17.9. The second-order valence-corrected chi connectivity index (χ2v) is 18.4. The summed E-state index contributed by atoms with van der Waals surface area (Å²) < 4.78 is 6.40. The Labute approximate surface area is 389 Å². The minimum absolute atomic E-state index is 0. The first-order valence-corrected chi connectivity index (χ1v) is 22.2. The molecule has 0 unspecified atom stereocenters. The fourth-order valence-electron chi connectivity index (χ4n) is 8.53. The number of phenolic OH excluding ortho intramolecular Hbond substituents is 1. The summed E-state index contributed by atoms with van der Waals surface area (Å²) in [5.41, 5.74) is 11.2. The molecule has 4 bridgehead atoms. The number of Topliss-reactive ketones (excluding diaryl/α,β-unsaturated/α-hetero) is 3. The fraction of sp³-hybridized carbons (Fsp3) is 0.451. The maximum atomic E-state index is 14.7. The lowest BCUT2D eigenvalue weighted by atomic mass is 9.86. The number of nitrogens with zero attached hydrogens (tertiary/aromatic N) is 4. The third kappa shape index (κ3) is 11.7. The Bertz CT molecular complexity index is 2450. The van der Waals surface area contributed by atoms with Crippen molar-refractivity contribution in [2.75, 3.05) is 13.6 Å². The highest BCUT2D eigenvalue weighted by Crippen LogP contribution is 2.42. The lowest BCUT2D eigenvalue weighted by Crippen LogP contribution is -2.46. The van der Waals surface area contributed by atoms with Crippen LogP contribution in [-0.2, 0) is 31.0 Å². The topological polar surface area (TPSA) is 206 Å². The van der Waals surface area contributed by atoms with Gasteiger partial charge in [-0.2, -0.15) is 18.8 Å². The maximum absolute atomic E-state index is 14.7. The number of phenols is 1. The van der Waals surface area contributed by atoms with Crippen LogP contribution in [0.25, 0.3) is 22.5 Å². The van der Waals surface area contributed by atoms with Crippen LogP contribution in [0, 0.1) is 37.0 Å². The van der Waals surface area contributed by atoms with Crippen LogP contribution in [0.2, 0.25) is 0 Å². The predicted molar refractivity (Wildman–Crippen MR) is 254 cm³/mol. The molecule has 0 saturated heterocycles. The molecule has 4 aromatic rings. The second-order valence-electron chi connectivity index (χ2n) is 18.4. The SMILES string of the molecule is Cc1nc(-c2ccc(C(C)(C)C)cc2)nc(C)c1C(=O)C[C@@H](CCN)C(=O)N(C)[C@@H]1C(=O)C[C@@H](C)C(=O)N[C@H](C(=O)CCC#N)Cc2ccc(OC3CCC3)c(c2)-c2cc1ccc2O.S. The summed E-state index contributed by atoms with van der Waals surface area (Å²) in [6.45, 7) is 11.6. The van der Waals surface area contributed by atoms with Crippen molar-refractivity contribution in [2.45, 2.75) is 123 Å². The van der Waals surface area contributed by atoms with Gasteiger partial charge in [-0.05, 0) is 98.9 Å². The third-order valence-corrected chi connectivity index (χ3v) is 12.5. The molecule has 1 aliphatic carbocycles. The number of ketones is 3. The highest BCUT2D eigenvalue weighted by Gasteiger charge is 2.37. The molecule has 2 amide bonds. The molecule has 4 atom stereocenters. The van der Waals surface area contributed by atoms with Crippen molar-refractivity contribution in [1.29, 1.82) is 5.26 Å². The largest absolute Gasteiger partial charge is 0.507 e. The van der Waals surface area contributed by atoms with Crippen molar-refractivity contribution in [2.24, 2.45) is 17.6 Å². The molecular weight excluding hydrogens is 841 g/mol. The molecule has 14 heteroatoms. The smallest absolute Gasteiger partial charge is 0.226 e. The zero-order valence-corrected chi connectivity index (χ0v) is 39.5. The van der Waals surface area contributed by atoms with Crippen LogP contribution < -0.4 is 15.8 Å². The van der Waals surface area contributed by atoms with Crippen molar-refractivity contribution in [3.05, 3.63) is 94.3 Å². The van der Waals surface area contributed by atoms with E-state index in [0.717, 1.165) is 24.8 Å². The first-order valence-electron chi connectivity index (χ1n) is 22.2. The highest BCUT2D eigenvalue weighted by atomic mass is 32.1. The van der Waals surface area contributed by atoms with Crippen molar-refractivity contribution in [3.8, 4) is 40.1 Å². The Balaban J connectivity index is 0.00000793. The molecule has 1 saturated carbocycles. The van der Waals surface area contributed by atoms with E-state index < -0.39 is 41.5 Å². The van der Waals surface area contributed by atoms with Gasteiger partial charge in [-0.15, -0.1) is 0 Å². The number of aryl methyl sites for hydroxylation is 2. The average molecular weight is 903 g/mol. The number of carbonyl (C=O) groups is 5. The predicted octanol–water partition coefficient (Wildman–Crippen LogP) is 7.72. The Morgan fingerprint density at radius 1 is 0.985 bits per heavy atom. The van der Waals surface area contributed by atoms with E-state index >= 15 is 0 Å². The first kappa shape index (κ1) is 50.1. The van der Waals surface area contributed by atoms with Crippen molar-refractivity contribution < 1.29 is 33.8 Å². The maximum Gasteiger partial charge on any atom is 0.226 e. The van der Waals surface area contributed by atoms with E-state index in [9.17, 15) is 34.3 Å². The molecule has 2 aliphatic rings. The number of carbonyl (C=O) groups excluding carboxylic acids is 5. The van der Waals surface area contributed by atoms with Crippen LogP contribution in [0.1, 0.15) is 124 Å². The number of ether oxygens (including phenoxy) is 1. The number of aromatic hydroxyl groups is 1. The summed E-state index contributed by atoms with van der Waals surface area (Å²) in [5.74, 6) is -3.12.